The first-order valence-corrected chi connectivity index (χ1v) is 7.86. The zero-order chi connectivity index (χ0) is 17.7. The SMILES string of the molecule is COC(=O)CC(C)(C)OC(=O)c1cccn1C(C)c1ccccc1. The highest BCUT2D eigenvalue weighted by Gasteiger charge is 2.29. The molecule has 2 aromatic rings. The molecule has 128 valence electrons. The summed E-state index contributed by atoms with van der Waals surface area (Å²) >= 11 is 0. The lowest BCUT2D eigenvalue weighted by Crippen LogP contribution is -2.32. The molecule has 1 aromatic carbocycles. The van der Waals surface area contributed by atoms with E-state index < -0.39 is 17.5 Å². The monoisotopic (exact) mass is 329 g/mol. The molecule has 0 aliphatic rings. The summed E-state index contributed by atoms with van der Waals surface area (Å²) in [6.45, 7) is 5.40. The Balaban J connectivity index is 2.17. The average Bonchev–Trinajstić information content (AvgIpc) is 3.03. The molecule has 1 atom stereocenters. The predicted molar refractivity (Wildman–Crippen MR) is 90.8 cm³/mol. The summed E-state index contributed by atoms with van der Waals surface area (Å²) in [6.07, 6.45) is 1.85. The van der Waals surface area contributed by atoms with Crippen LogP contribution in [0.15, 0.2) is 48.7 Å². The molecule has 0 aliphatic carbocycles. The van der Waals surface area contributed by atoms with Crippen molar-refractivity contribution >= 4 is 11.9 Å². The number of esters is 2. The van der Waals surface area contributed by atoms with E-state index in [1.54, 1.807) is 19.9 Å². The molecule has 0 spiro atoms. The van der Waals surface area contributed by atoms with Crippen LogP contribution in [-0.2, 0) is 14.3 Å². The van der Waals surface area contributed by atoms with E-state index in [-0.39, 0.29) is 12.5 Å². The molecule has 0 bridgehead atoms. The van der Waals surface area contributed by atoms with Crippen molar-refractivity contribution < 1.29 is 19.1 Å². The zero-order valence-corrected chi connectivity index (χ0v) is 14.5. The Kier molecular flexibility index (Phi) is 5.44. The maximum absolute atomic E-state index is 12.6. The van der Waals surface area contributed by atoms with Gasteiger partial charge in [-0.25, -0.2) is 4.79 Å². The minimum Gasteiger partial charge on any atom is -0.469 e. The molecule has 24 heavy (non-hydrogen) atoms. The van der Waals surface area contributed by atoms with Gasteiger partial charge in [-0.2, -0.15) is 0 Å². The first-order valence-electron chi connectivity index (χ1n) is 7.86. The highest BCUT2D eigenvalue weighted by atomic mass is 16.6. The summed E-state index contributed by atoms with van der Waals surface area (Å²) in [4.78, 5) is 24.0. The van der Waals surface area contributed by atoms with Crippen LogP contribution in [0.1, 0.15) is 49.3 Å². The zero-order valence-electron chi connectivity index (χ0n) is 14.5. The van der Waals surface area contributed by atoms with Crippen LogP contribution in [0.3, 0.4) is 0 Å². The molecule has 0 saturated carbocycles. The van der Waals surface area contributed by atoms with Gasteiger partial charge in [0.05, 0.1) is 19.6 Å². The largest absolute Gasteiger partial charge is 0.469 e. The van der Waals surface area contributed by atoms with Gasteiger partial charge in [-0.05, 0) is 38.5 Å². The third kappa shape index (κ3) is 4.25. The topological polar surface area (TPSA) is 57.5 Å². The second-order valence-corrected chi connectivity index (χ2v) is 6.29. The van der Waals surface area contributed by atoms with Crippen molar-refractivity contribution in [2.45, 2.75) is 38.8 Å². The molecule has 0 fully saturated rings. The minimum absolute atomic E-state index is 0.00415. The van der Waals surface area contributed by atoms with E-state index in [2.05, 4.69) is 4.74 Å². The normalized spacial score (nSPS) is 12.5. The molecule has 1 aromatic heterocycles. The van der Waals surface area contributed by atoms with E-state index in [1.165, 1.54) is 7.11 Å². The highest BCUT2D eigenvalue weighted by Crippen LogP contribution is 2.23. The van der Waals surface area contributed by atoms with Gasteiger partial charge in [0.15, 0.2) is 0 Å². The van der Waals surface area contributed by atoms with Gasteiger partial charge in [-0.15, -0.1) is 0 Å². The highest BCUT2D eigenvalue weighted by molar-refractivity contribution is 5.88. The first-order chi connectivity index (χ1) is 11.3. The van der Waals surface area contributed by atoms with Crippen molar-refractivity contribution in [3.8, 4) is 0 Å². The third-order valence-electron chi connectivity index (χ3n) is 3.85. The van der Waals surface area contributed by atoms with Crippen molar-refractivity contribution in [3.05, 3.63) is 59.9 Å². The smallest absolute Gasteiger partial charge is 0.355 e. The summed E-state index contributed by atoms with van der Waals surface area (Å²) in [5.41, 5.74) is 0.607. The van der Waals surface area contributed by atoms with Gasteiger partial charge in [0, 0.05) is 6.20 Å². The summed E-state index contributed by atoms with van der Waals surface area (Å²) < 4.78 is 12.0. The Bertz CT molecular complexity index is 703. The second-order valence-electron chi connectivity index (χ2n) is 6.29. The van der Waals surface area contributed by atoms with Crippen LogP contribution in [0.5, 0.6) is 0 Å². The minimum atomic E-state index is -0.935. The Labute approximate surface area is 142 Å². The van der Waals surface area contributed by atoms with Crippen LogP contribution in [-0.4, -0.2) is 29.2 Å². The van der Waals surface area contributed by atoms with E-state index in [9.17, 15) is 9.59 Å². The molecule has 0 saturated heterocycles. The number of nitrogens with zero attached hydrogens (tertiary/aromatic N) is 1. The average molecular weight is 329 g/mol. The molecule has 1 heterocycles. The number of methoxy groups -OCH3 is 1. The van der Waals surface area contributed by atoms with Crippen LogP contribution in [0.2, 0.25) is 0 Å². The fourth-order valence-corrected chi connectivity index (χ4v) is 2.56. The summed E-state index contributed by atoms with van der Waals surface area (Å²) in [6, 6.07) is 13.4. The Morgan fingerprint density at radius 1 is 1.12 bits per heavy atom. The van der Waals surface area contributed by atoms with E-state index in [0.717, 1.165) is 5.56 Å². The Morgan fingerprint density at radius 2 is 1.79 bits per heavy atom. The van der Waals surface area contributed by atoms with E-state index >= 15 is 0 Å². The number of ether oxygens (including phenoxy) is 2. The van der Waals surface area contributed by atoms with Crippen LogP contribution in [0, 0.1) is 0 Å². The van der Waals surface area contributed by atoms with Gasteiger partial charge in [-0.1, -0.05) is 30.3 Å². The van der Waals surface area contributed by atoms with Crippen molar-refractivity contribution in [3.63, 3.8) is 0 Å². The van der Waals surface area contributed by atoms with Gasteiger partial charge >= 0.3 is 11.9 Å². The fourth-order valence-electron chi connectivity index (χ4n) is 2.56. The van der Waals surface area contributed by atoms with Crippen LogP contribution in [0.25, 0.3) is 0 Å². The molecule has 1 unspecified atom stereocenters. The number of hydrogen-bond acceptors (Lipinski definition) is 4. The van der Waals surface area contributed by atoms with E-state index in [4.69, 9.17) is 4.74 Å². The van der Waals surface area contributed by atoms with Crippen molar-refractivity contribution in [1.29, 1.82) is 0 Å². The number of rotatable bonds is 6. The molecule has 0 amide bonds. The lowest BCUT2D eigenvalue weighted by Gasteiger charge is -2.25. The van der Waals surface area contributed by atoms with E-state index in [1.807, 2.05) is 54.1 Å². The van der Waals surface area contributed by atoms with Crippen molar-refractivity contribution in [1.82, 2.24) is 4.57 Å². The number of hydrogen-bond donors (Lipinski definition) is 0. The Hall–Kier alpha value is -2.56. The molecular weight excluding hydrogens is 306 g/mol. The van der Waals surface area contributed by atoms with Crippen LogP contribution in [0.4, 0.5) is 0 Å². The Morgan fingerprint density at radius 3 is 2.42 bits per heavy atom. The van der Waals surface area contributed by atoms with Crippen LogP contribution >= 0.6 is 0 Å². The van der Waals surface area contributed by atoms with Gasteiger partial charge in [0.2, 0.25) is 0 Å². The van der Waals surface area contributed by atoms with E-state index in [0.29, 0.717) is 5.69 Å². The van der Waals surface area contributed by atoms with Crippen molar-refractivity contribution in [2.24, 2.45) is 0 Å². The molecular formula is C19H23NO4. The summed E-state index contributed by atoms with van der Waals surface area (Å²) in [5.74, 6) is -0.877. The molecule has 5 nitrogen and oxygen atoms in total. The van der Waals surface area contributed by atoms with Gasteiger partial charge < -0.3 is 14.0 Å². The second kappa shape index (κ2) is 7.34. The van der Waals surface area contributed by atoms with Gasteiger partial charge in [0.25, 0.3) is 0 Å². The molecule has 2 rings (SSSR count). The standard InChI is InChI=1S/C19H23NO4/c1-14(15-9-6-5-7-10-15)20-12-8-11-16(20)18(22)24-19(2,3)13-17(21)23-4/h5-12,14H,13H2,1-4H3. The quantitative estimate of drug-likeness (QED) is 0.760. The molecule has 5 heteroatoms. The third-order valence-corrected chi connectivity index (χ3v) is 3.85. The maximum atomic E-state index is 12.6. The van der Waals surface area contributed by atoms with Gasteiger partial charge in [-0.3, -0.25) is 4.79 Å². The lowest BCUT2D eigenvalue weighted by molar-refractivity contribution is -0.145. The number of benzene rings is 1. The number of carbonyl (C=O) groups excluding carboxylic acids is 2. The predicted octanol–water partition coefficient (Wildman–Crippen LogP) is 3.60. The summed E-state index contributed by atoms with van der Waals surface area (Å²) in [7, 11) is 1.31. The number of carbonyl (C=O) groups is 2. The first kappa shape index (κ1) is 17.8. The number of aromatic nitrogens is 1. The lowest BCUT2D eigenvalue weighted by atomic mass is 10.1. The summed E-state index contributed by atoms with van der Waals surface area (Å²) in [5, 5.41) is 0. The van der Waals surface area contributed by atoms with Gasteiger partial charge in [0.1, 0.15) is 11.3 Å². The van der Waals surface area contributed by atoms with Crippen molar-refractivity contribution in [2.75, 3.05) is 7.11 Å². The maximum Gasteiger partial charge on any atom is 0.355 e. The fraction of sp³-hybridized carbons (Fsp3) is 0.368. The molecule has 0 N–H and O–H groups in total. The molecule has 0 aliphatic heterocycles. The van der Waals surface area contributed by atoms with Crippen LogP contribution < -0.4 is 0 Å². The molecule has 0 radical (unpaired) electrons.